The van der Waals surface area contributed by atoms with Gasteiger partial charge in [-0.2, -0.15) is 0 Å². The van der Waals surface area contributed by atoms with Gasteiger partial charge in [0.2, 0.25) is 0 Å². The summed E-state index contributed by atoms with van der Waals surface area (Å²) in [5.41, 5.74) is -3.45. The number of carbonyl (C=O) groups excluding carboxylic acids is 5. The van der Waals surface area contributed by atoms with Crippen molar-refractivity contribution in [3.8, 4) is 0 Å². The topological polar surface area (TPSA) is 505 Å². The van der Waals surface area contributed by atoms with Crippen molar-refractivity contribution in [2.24, 2.45) is 185 Å². The van der Waals surface area contributed by atoms with Gasteiger partial charge in [-0.1, -0.05) is 83.1 Å². The predicted octanol–water partition coefficient (Wildman–Crippen LogP) is 13.2. The molecule has 16 saturated carbocycles. The molecule has 16 fully saturated rings. The molecule has 16 rings (SSSR count). The maximum atomic E-state index is 12.7. The molecule has 28 unspecified atom stereocenters. The zero-order chi connectivity index (χ0) is 103. The number of aliphatic hydroxyl groups excluding tert-OH is 14. The fourth-order valence-corrected chi connectivity index (χ4v) is 36.9. The van der Waals surface area contributed by atoms with Crippen molar-refractivity contribution in [2.75, 3.05) is 60.3 Å². The second-order valence-corrected chi connectivity index (χ2v) is 50.8. The van der Waals surface area contributed by atoms with Crippen LogP contribution in [0.15, 0.2) is 0 Å². The van der Waals surface area contributed by atoms with Crippen LogP contribution in [0.4, 0.5) is 14.4 Å². The molecular formula is C109H181ClN2O28. The van der Waals surface area contributed by atoms with E-state index < -0.39 is 91.5 Å². The third kappa shape index (κ3) is 21.4. The number of esters is 2. The van der Waals surface area contributed by atoms with Crippen LogP contribution in [-0.2, 0) is 42.9 Å². The van der Waals surface area contributed by atoms with Gasteiger partial charge in [0.05, 0.1) is 102 Å². The summed E-state index contributed by atoms with van der Waals surface area (Å²) in [7, 11) is 2.86. The highest BCUT2D eigenvalue weighted by Gasteiger charge is 2.72. The lowest BCUT2D eigenvalue weighted by atomic mass is 9.43. The number of methoxy groups -OCH3 is 2. The normalized spacial score (nSPS) is 45.8. The van der Waals surface area contributed by atoms with Crippen molar-refractivity contribution in [1.29, 1.82) is 0 Å². The first-order chi connectivity index (χ1) is 66.0. The van der Waals surface area contributed by atoms with E-state index in [1.165, 1.54) is 19.1 Å². The largest absolute Gasteiger partial charge is 0.481 e. The molecule has 31 heteroatoms. The van der Waals surface area contributed by atoms with Gasteiger partial charge in [-0.25, -0.2) is 14.4 Å². The summed E-state index contributed by atoms with van der Waals surface area (Å²) in [6.45, 7) is 24.7. The molecule has 0 heterocycles. The first kappa shape index (κ1) is 113. The van der Waals surface area contributed by atoms with Gasteiger partial charge in [0.25, 0.3) is 0 Å². The number of hydrogen-bond acceptors (Lipinski definition) is 26. The third-order valence-corrected chi connectivity index (χ3v) is 44.9. The van der Waals surface area contributed by atoms with E-state index in [0.29, 0.717) is 118 Å². The van der Waals surface area contributed by atoms with Crippen LogP contribution in [0.1, 0.15) is 314 Å². The summed E-state index contributed by atoms with van der Waals surface area (Å²) in [4.78, 5) is 83.5. The monoisotopic (exact) mass is 2000 g/mol. The molecule has 0 aromatic carbocycles. The van der Waals surface area contributed by atoms with Crippen LogP contribution in [0.25, 0.3) is 0 Å². The second kappa shape index (κ2) is 45.2. The zero-order valence-corrected chi connectivity index (χ0v) is 87.3. The summed E-state index contributed by atoms with van der Waals surface area (Å²) in [6.07, 6.45) is 20.8. The summed E-state index contributed by atoms with van der Waals surface area (Å²) in [5.74, 6) is 3.77. The number of fused-ring (bicyclic) bond motifs is 20. The van der Waals surface area contributed by atoms with E-state index in [0.717, 1.165) is 141 Å². The van der Waals surface area contributed by atoms with Gasteiger partial charge in [0, 0.05) is 50.4 Å². The summed E-state index contributed by atoms with van der Waals surface area (Å²) >= 11 is 5.47. The van der Waals surface area contributed by atoms with Crippen LogP contribution in [0, 0.1) is 185 Å². The number of alkyl carbamates (subject to hydrolysis) is 1. The maximum absolute atomic E-state index is 12.7. The first-order valence-corrected chi connectivity index (χ1v) is 54.9. The van der Waals surface area contributed by atoms with E-state index in [1.807, 2.05) is 0 Å². The third-order valence-electron chi connectivity index (χ3n) is 44.8. The van der Waals surface area contributed by atoms with E-state index in [2.05, 4.69) is 88.4 Å². The molecule has 0 spiro atoms. The molecule has 44 atom stereocenters. The molecule has 16 aliphatic rings. The van der Waals surface area contributed by atoms with Crippen LogP contribution in [0.2, 0.25) is 0 Å². The highest BCUT2D eigenvalue weighted by Crippen LogP contribution is 2.75. The first-order valence-electron chi connectivity index (χ1n) is 54.5. The number of halogens is 1. The average molecular weight is 2000 g/mol. The van der Waals surface area contributed by atoms with Crippen molar-refractivity contribution in [1.82, 2.24) is 10.2 Å². The van der Waals surface area contributed by atoms with E-state index in [4.69, 9.17) is 35.3 Å². The highest BCUT2D eigenvalue weighted by atomic mass is 35.5. The lowest BCUT2D eigenvalue weighted by Crippen LogP contribution is -2.62. The number of rotatable bonds is 27. The lowest BCUT2D eigenvalue weighted by Gasteiger charge is -2.63. The van der Waals surface area contributed by atoms with Crippen LogP contribution >= 0.6 is 11.6 Å². The standard InChI is InChI=1S/C29H49NO9.C29H49NO8.C26H41ClO6.C25H42O5/c1-16(4-7-24(36)37)19-5-6-20-25-21(12-23(35)28(19,20)3)27(2)9-8-18(10-17(27)11-22(25)34)39-26(38)30-29(13-31,14-32)15-33;1-17(4-7-25(35)36)20-5-6-21-26-22(16-24(34)29(20,21)3)28(2)9-8-19(14-18(28)15-23(26)33)38-27(37)30(10-12-31)11-13-32;1-14(5-8-22(30)32-4)17-6-7-18-23-19(13-21(29)26(17,18)3)25(2)10-9-16(33-24(27)31)11-15(25)12-20(23)28;1-14(5-8-22(29)30-4)17-6-7-18-23-19(13-21(28)25(17,18)3)24(2)10-9-16(26)11-15(24)12-20(23)27/h16-23,25,31-35H,4-15H2,1-3H3,(H,30,38)(H,36,37);17-24,26,31-34H,4-16H2,1-3H3,(H,35,36);14-21,23,28-29H,5-13H2,1-4H3;14-21,23,26-28H,5-13H2,1-4H3/t16?,17-,18+,19?,20-,21?,22?,23?,25-,27?,28?;17?,18-,19+,20?,21-,22?,23?,24?,26-,28?,29?;14?,15-,16+,17?,18-,19?,20?,21?,23-,25?,26?;14?,15-,16+,17?,18-,19?,20?,21?,23-,24?,25?/m0000/s1. The van der Waals surface area contributed by atoms with E-state index >= 15 is 0 Å². The zero-order valence-electron chi connectivity index (χ0n) is 86.6. The molecule has 0 aromatic rings. The van der Waals surface area contributed by atoms with Gasteiger partial charge in [0.15, 0.2) is 0 Å². The van der Waals surface area contributed by atoms with E-state index in [9.17, 15) is 115 Å². The number of nitrogens with zero attached hydrogens (tertiary/aromatic N) is 1. The van der Waals surface area contributed by atoms with Gasteiger partial charge in [-0.15, -0.1) is 0 Å². The SMILES string of the molecule is CC(CCC(=O)O)C1CC[C@H]2[C@@H]3C(O)C[C@@H]4C[C@H](OC(=O)N(CCO)CCO)CCC4(C)C3CC(O)C12C.CC(CCC(=O)O)C1CC[C@H]2[C@@H]3C(O)C[C@@H]4C[C@H](OC(=O)NC(CO)(CO)CO)CCC4(C)C3CC(O)C12C.COC(=O)CCC(C)C1CC[C@H]2[C@@H]3C(O)C[C@@H]4C[C@H](O)CCC4(C)C3CC(O)C12C.COC(=O)CCC(C)C1CC[C@H]2[C@@H]3C(O)C[C@@H]4C[C@H](OC(=O)Cl)CCC4(C)C3CC(O)C12C. The fraction of sp³-hybridized carbons (Fsp3) is 0.936. The predicted molar refractivity (Wildman–Crippen MR) is 520 cm³/mol. The minimum absolute atomic E-state index is 0.0238. The van der Waals surface area contributed by atoms with Crippen LogP contribution in [0.5, 0.6) is 0 Å². The maximum Gasteiger partial charge on any atom is 0.410 e. The molecule has 0 bridgehead atoms. The van der Waals surface area contributed by atoms with Gasteiger partial charge in [-0.05, 0) is 391 Å². The Morgan fingerprint density at radius 2 is 0.643 bits per heavy atom. The number of carboxylic acid groups (broad SMARTS) is 2. The number of ether oxygens (including phenoxy) is 5. The Labute approximate surface area is 836 Å². The number of carboxylic acids is 2. The average Bonchev–Trinajstić information content (AvgIpc) is 1.43. The number of aliphatic carboxylic acids is 2. The second-order valence-electron chi connectivity index (χ2n) is 50.5. The van der Waals surface area contributed by atoms with Crippen LogP contribution in [0.3, 0.4) is 0 Å². The van der Waals surface area contributed by atoms with E-state index in [1.54, 1.807) is 0 Å². The van der Waals surface area contributed by atoms with Crippen molar-refractivity contribution in [2.45, 2.75) is 393 Å². The number of amides is 2. The Balaban J connectivity index is 0.000000158. The molecule has 0 aromatic heterocycles. The Morgan fingerprint density at radius 1 is 0.364 bits per heavy atom. The molecule has 0 radical (unpaired) electrons. The molecule has 2 amide bonds. The van der Waals surface area contributed by atoms with Crippen molar-refractivity contribution >= 4 is 53.1 Å². The minimum atomic E-state index is -1.55. The van der Waals surface area contributed by atoms with Gasteiger partial charge in [-0.3, -0.25) is 19.2 Å². The van der Waals surface area contributed by atoms with Crippen LogP contribution in [-0.4, -0.2) is 267 Å². The highest BCUT2D eigenvalue weighted by molar-refractivity contribution is 6.61. The molecule has 17 N–H and O–H groups in total. The number of aliphatic hydroxyl groups is 14. The van der Waals surface area contributed by atoms with Crippen molar-refractivity contribution in [3.63, 3.8) is 0 Å². The minimum Gasteiger partial charge on any atom is -0.481 e. The summed E-state index contributed by atoms with van der Waals surface area (Å²) in [5, 5.41) is 170. The molecule has 802 valence electrons. The molecule has 0 aliphatic heterocycles. The quantitative estimate of drug-likeness (QED) is 0.0206. The smallest absolute Gasteiger partial charge is 0.410 e. The Bertz CT molecular complexity index is 4170. The number of hydrogen-bond donors (Lipinski definition) is 17. The lowest BCUT2D eigenvalue weighted by molar-refractivity contribution is -0.207. The summed E-state index contributed by atoms with van der Waals surface area (Å²) in [6, 6.07) is 0. The van der Waals surface area contributed by atoms with Crippen molar-refractivity contribution in [3.05, 3.63) is 0 Å². The molecule has 16 aliphatic carbocycles. The molecule has 0 saturated heterocycles. The molecule has 30 nitrogen and oxygen atoms in total. The Hall–Kier alpha value is -4.38. The number of nitrogens with one attached hydrogen (secondary N) is 1. The van der Waals surface area contributed by atoms with Gasteiger partial charge >= 0.3 is 41.5 Å². The van der Waals surface area contributed by atoms with Gasteiger partial charge in [0.1, 0.15) is 23.9 Å². The molecular weight excluding hydrogens is 1820 g/mol. The Kier molecular flexibility index (Phi) is 36.4. The van der Waals surface area contributed by atoms with Gasteiger partial charge < -0.3 is 116 Å². The Morgan fingerprint density at radius 3 is 0.921 bits per heavy atom. The van der Waals surface area contributed by atoms with Crippen molar-refractivity contribution < 1.29 is 139 Å². The number of carbonyl (C=O) groups is 7. The van der Waals surface area contributed by atoms with Crippen LogP contribution < -0.4 is 5.32 Å². The fourth-order valence-electron chi connectivity index (χ4n) is 36.7. The molecule has 140 heavy (non-hydrogen) atoms. The van der Waals surface area contributed by atoms with E-state index in [-0.39, 0.29) is 232 Å². The summed E-state index contributed by atoms with van der Waals surface area (Å²) < 4.78 is 26.4.